The number of amides is 1. The molecule has 1 saturated heterocycles. The molecule has 0 unspecified atom stereocenters. The van der Waals surface area contributed by atoms with Gasteiger partial charge in [-0.25, -0.2) is 8.78 Å². The number of fused-ring (bicyclic) bond motifs is 1. The minimum atomic E-state index is -2.53. The average Bonchev–Trinajstić information content (AvgIpc) is 3.15. The Balaban J connectivity index is 1.50. The number of H-pyrrole nitrogens is 1. The predicted octanol–water partition coefficient (Wildman–Crippen LogP) is 3.47. The lowest BCUT2D eigenvalue weighted by atomic mass is 9.72. The minimum Gasteiger partial charge on any atom is -0.369 e. The van der Waals surface area contributed by atoms with Crippen LogP contribution in [0, 0.1) is 5.41 Å². The van der Waals surface area contributed by atoms with Crippen LogP contribution in [0.2, 0.25) is 0 Å². The van der Waals surface area contributed by atoms with E-state index in [0.717, 1.165) is 17.7 Å². The zero-order valence-electron chi connectivity index (χ0n) is 14.8. The van der Waals surface area contributed by atoms with Gasteiger partial charge in [0.1, 0.15) is 0 Å². The average molecular weight is 353 g/mol. The van der Waals surface area contributed by atoms with E-state index in [4.69, 9.17) is 4.74 Å². The lowest BCUT2D eigenvalue weighted by Gasteiger charge is -2.36. The van der Waals surface area contributed by atoms with E-state index >= 15 is 0 Å². The fourth-order valence-electron chi connectivity index (χ4n) is 4.66. The Hall–Kier alpha value is -1.50. The van der Waals surface area contributed by atoms with Crippen LogP contribution in [0.15, 0.2) is 0 Å². The molecule has 0 bridgehead atoms. The third-order valence-corrected chi connectivity index (χ3v) is 6.20. The van der Waals surface area contributed by atoms with E-state index in [2.05, 4.69) is 10.2 Å². The molecule has 138 valence electrons. The molecule has 3 heterocycles. The van der Waals surface area contributed by atoms with E-state index in [1.54, 1.807) is 0 Å². The molecule has 1 saturated carbocycles. The Morgan fingerprint density at radius 2 is 1.96 bits per heavy atom. The Morgan fingerprint density at radius 1 is 1.24 bits per heavy atom. The maximum atomic E-state index is 13.5. The highest BCUT2D eigenvalue weighted by molar-refractivity contribution is 5.94. The number of halogens is 2. The van der Waals surface area contributed by atoms with Crippen molar-refractivity contribution in [3.63, 3.8) is 0 Å². The molecule has 1 aromatic rings. The van der Waals surface area contributed by atoms with Crippen molar-refractivity contribution in [1.29, 1.82) is 0 Å². The van der Waals surface area contributed by atoms with Crippen molar-refractivity contribution >= 4 is 5.91 Å². The second-order valence-electron chi connectivity index (χ2n) is 8.09. The molecular formula is C18H25F2N3O2. The lowest BCUT2D eigenvalue weighted by molar-refractivity contribution is -0.0643. The Bertz CT molecular complexity index is 678. The first-order valence-electron chi connectivity index (χ1n) is 9.18. The van der Waals surface area contributed by atoms with Gasteiger partial charge in [-0.2, -0.15) is 5.10 Å². The normalized spacial score (nSPS) is 30.5. The number of hydrogen-bond acceptors (Lipinski definition) is 3. The van der Waals surface area contributed by atoms with Crippen molar-refractivity contribution in [3.05, 3.63) is 17.0 Å². The summed E-state index contributed by atoms with van der Waals surface area (Å²) in [6.07, 6.45) is 2.34. The number of carbonyl (C=O) groups is 1. The Labute approximate surface area is 146 Å². The van der Waals surface area contributed by atoms with Gasteiger partial charge in [0.25, 0.3) is 5.91 Å². The van der Waals surface area contributed by atoms with Gasteiger partial charge >= 0.3 is 0 Å². The van der Waals surface area contributed by atoms with Gasteiger partial charge in [0.15, 0.2) is 5.69 Å². The number of hydrogen-bond donors (Lipinski definition) is 1. The summed E-state index contributed by atoms with van der Waals surface area (Å²) in [7, 11) is 0. The molecule has 4 rings (SSSR count). The number of nitrogens with zero attached hydrogens (tertiary/aromatic N) is 2. The second kappa shape index (κ2) is 5.76. The third kappa shape index (κ3) is 2.96. The van der Waals surface area contributed by atoms with E-state index in [1.807, 2.05) is 18.7 Å². The summed E-state index contributed by atoms with van der Waals surface area (Å²) in [5, 5.41) is 7.23. The van der Waals surface area contributed by atoms with Gasteiger partial charge in [-0.1, -0.05) is 0 Å². The van der Waals surface area contributed by atoms with Crippen LogP contribution in [0.5, 0.6) is 0 Å². The maximum absolute atomic E-state index is 13.5. The highest BCUT2D eigenvalue weighted by Crippen LogP contribution is 2.48. The summed E-state index contributed by atoms with van der Waals surface area (Å²) >= 11 is 0. The molecule has 3 aliphatic rings. The Morgan fingerprint density at radius 3 is 2.68 bits per heavy atom. The van der Waals surface area contributed by atoms with Gasteiger partial charge in [0, 0.05) is 37.9 Å². The van der Waals surface area contributed by atoms with Gasteiger partial charge in [0.2, 0.25) is 5.92 Å². The van der Waals surface area contributed by atoms with E-state index < -0.39 is 5.92 Å². The van der Waals surface area contributed by atoms with E-state index in [9.17, 15) is 13.6 Å². The highest BCUT2D eigenvalue weighted by atomic mass is 19.3. The number of likely N-dealkylation sites (tertiary alicyclic amines) is 1. The van der Waals surface area contributed by atoms with Crippen LogP contribution in [0.3, 0.4) is 0 Å². The third-order valence-electron chi connectivity index (χ3n) is 6.20. The molecule has 2 atom stereocenters. The molecule has 0 aromatic carbocycles. The standard InChI is InChI=1S/C18H25F2N3O2/c1-11-9-13-14(12(2)25-11)21-22-15(13)16(24)23-8-7-17(10-23)3-5-18(19,20)6-4-17/h11-12H,3-10H2,1-2H3,(H,21,22)/t11-,12+/m1/s1. The molecule has 7 heteroatoms. The van der Waals surface area contributed by atoms with E-state index in [0.29, 0.717) is 38.0 Å². The van der Waals surface area contributed by atoms with Gasteiger partial charge in [-0.05, 0) is 38.5 Å². The molecule has 2 fully saturated rings. The molecule has 2 aliphatic heterocycles. The van der Waals surface area contributed by atoms with Crippen molar-refractivity contribution in [2.24, 2.45) is 5.41 Å². The number of carbonyl (C=O) groups excluding carboxylic acids is 1. The maximum Gasteiger partial charge on any atom is 0.274 e. The van der Waals surface area contributed by atoms with Crippen LogP contribution < -0.4 is 0 Å². The molecule has 1 aromatic heterocycles. The first-order chi connectivity index (χ1) is 11.8. The lowest BCUT2D eigenvalue weighted by Crippen LogP contribution is -2.37. The van der Waals surface area contributed by atoms with Crippen LogP contribution in [0.1, 0.15) is 73.8 Å². The van der Waals surface area contributed by atoms with Crippen LogP contribution in [0.25, 0.3) is 0 Å². The number of nitrogens with one attached hydrogen (secondary N) is 1. The zero-order chi connectivity index (χ0) is 17.8. The van der Waals surface area contributed by atoms with Gasteiger partial charge in [-0.3, -0.25) is 9.89 Å². The molecule has 0 radical (unpaired) electrons. The monoisotopic (exact) mass is 353 g/mol. The van der Waals surface area contributed by atoms with Crippen molar-refractivity contribution in [3.8, 4) is 0 Å². The van der Waals surface area contributed by atoms with E-state index in [-0.39, 0.29) is 36.4 Å². The molecule has 25 heavy (non-hydrogen) atoms. The van der Waals surface area contributed by atoms with Gasteiger partial charge < -0.3 is 9.64 Å². The summed E-state index contributed by atoms with van der Waals surface area (Å²) in [5.41, 5.74) is 2.19. The summed E-state index contributed by atoms with van der Waals surface area (Å²) < 4.78 is 32.7. The van der Waals surface area contributed by atoms with Crippen LogP contribution in [-0.2, 0) is 11.2 Å². The van der Waals surface area contributed by atoms with Crippen molar-refractivity contribution in [2.75, 3.05) is 13.1 Å². The molecule has 5 nitrogen and oxygen atoms in total. The number of ether oxygens (including phenoxy) is 1. The molecule has 1 spiro atoms. The number of aromatic nitrogens is 2. The molecule has 1 aliphatic carbocycles. The smallest absolute Gasteiger partial charge is 0.274 e. The summed E-state index contributed by atoms with van der Waals surface area (Å²) in [4.78, 5) is 14.8. The predicted molar refractivity (Wildman–Crippen MR) is 87.6 cm³/mol. The van der Waals surface area contributed by atoms with Crippen molar-refractivity contribution in [2.45, 2.75) is 70.5 Å². The fourth-order valence-corrected chi connectivity index (χ4v) is 4.66. The number of rotatable bonds is 1. The topological polar surface area (TPSA) is 58.2 Å². The van der Waals surface area contributed by atoms with Gasteiger partial charge in [-0.15, -0.1) is 0 Å². The Kier molecular flexibility index (Phi) is 3.90. The number of alkyl halides is 2. The highest BCUT2D eigenvalue weighted by Gasteiger charge is 2.48. The van der Waals surface area contributed by atoms with E-state index in [1.165, 1.54) is 0 Å². The molecular weight excluding hydrogens is 328 g/mol. The van der Waals surface area contributed by atoms with Gasteiger partial charge in [0.05, 0.1) is 17.9 Å². The van der Waals surface area contributed by atoms with Crippen LogP contribution >= 0.6 is 0 Å². The quantitative estimate of drug-likeness (QED) is 0.841. The zero-order valence-corrected chi connectivity index (χ0v) is 14.8. The SMILES string of the molecule is C[C@@H]1Cc2c(C(=O)N3CCC4(CCC(F)(F)CC4)C3)n[nH]c2[C@H](C)O1. The largest absolute Gasteiger partial charge is 0.369 e. The van der Waals surface area contributed by atoms with Crippen LogP contribution in [-0.4, -0.2) is 46.1 Å². The molecule has 1 amide bonds. The first kappa shape index (κ1) is 16.9. The van der Waals surface area contributed by atoms with Crippen LogP contribution in [0.4, 0.5) is 8.78 Å². The summed E-state index contributed by atoms with van der Waals surface area (Å²) in [6, 6.07) is 0. The molecule has 1 N–H and O–H groups in total. The van der Waals surface area contributed by atoms with Crippen molar-refractivity contribution in [1.82, 2.24) is 15.1 Å². The minimum absolute atomic E-state index is 0.0529. The number of aromatic amines is 1. The fraction of sp³-hybridized carbons (Fsp3) is 0.778. The van der Waals surface area contributed by atoms with Crippen molar-refractivity contribution < 1.29 is 18.3 Å². The first-order valence-corrected chi connectivity index (χ1v) is 9.18. The second-order valence-corrected chi connectivity index (χ2v) is 8.09. The summed E-state index contributed by atoms with van der Waals surface area (Å²) in [6.45, 7) is 5.15. The summed E-state index contributed by atoms with van der Waals surface area (Å²) in [5.74, 6) is -2.61.